The third-order valence-corrected chi connectivity index (χ3v) is 4.78. The highest BCUT2D eigenvalue weighted by molar-refractivity contribution is 7.88. The van der Waals surface area contributed by atoms with Crippen molar-refractivity contribution < 1.29 is 8.42 Å². The maximum Gasteiger partial charge on any atom is 0.209 e. The van der Waals surface area contributed by atoms with Crippen molar-refractivity contribution in [3.05, 3.63) is 53.3 Å². The number of rotatable bonds is 3. The molecular weight excluding hydrogens is 310 g/mol. The molecule has 0 spiro atoms. The largest absolute Gasteiger partial charge is 0.264 e. The number of nitriles is 1. The minimum atomic E-state index is -3.27. The Labute approximate surface area is 136 Å². The summed E-state index contributed by atoms with van der Waals surface area (Å²) in [6.07, 6.45) is 7.34. The van der Waals surface area contributed by atoms with E-state index in [4.69, 9.17) is 5.26 Å². The maximum atomic E-state index is 11.6. The summed E-state index contributed by atoms with van der Waals surface area (Å²) in [5.41, 5.74) is 4.70. The highest BCUT2D eigenvalue weighted by atomic mass is 32.2. The Kier molecular flexibility index (Phi) is 4.16. The predicted octanol–water partition coefficient (Wildman–Crippen LogP) is 2.55. The number of nitrogens with zero attached hydrogens (tertiary/aromatic N) is 2. The summed E-state index contributed by atoms with van der Waals surface area (Å²) in [5.74, 6) is 0. The van der Waals surface area contributed by atoms with E-state index in [1.54, 1.807) is 18.3 Å². The Bertz CT molecular complexity index is 868. The zero-order valence-corrected chi connectivity index (χ0v) is 13.6. The van der Waals surface area contributed by atoms with Gasteiger partial charge in [0.25, 0.3) is 0 Å². The lowest BCUT2D eigenvalue weighted by Crippen LogP contribution is -2.30. The van der Waals surface area contributed by atoms with Gasteiger partial charge in [0.1, 0.15) is 0 Å². The lowest BCUT2D eigenvalue weighted by Gasteiger charge is -2.27. The van der Waals surface area contributed by atoms with E-state index < -0.39 is 10.0 Å². The molecule has 23 heavy (non-hydrogen) atoms. The van der Waals surface area contributed by atoms with Crippen LogP contribution < -0.4 is 4.72 Å². The molecule has 0 radical (unpaired) electrons. The molecule has 1 aromatic carbocycles. The normalized spacial score (nSPS) is 17.3. The Morgan fingerprint density at radius 3 is 2.65 bits per heavy atom. The van der Waals surface area contributed by atoms with Crippen molar-refractivity contribution in [2.75, 3.05) is 6.26 Å². The van der Waals surface area contributed by atoms with E-state index in [1.165, 1.54) is 6.26 Å². The molecule has 1 aliphatic rings. The highest BCUT2D eigenvalue weighted by Gasteiger charge is 2.25. The second-order valence-electron chi connectivity index (χ2n) is 5.78. The first kappa shape index (κ1) is 15.7. The fraction of sp³-hybridized carbons (Fsp3) is 0.294. The molecule has 0 amide bonds. The average molecular weight is 327 g/mol. The third-order valence-electron chi connectivity index (χ3n) is 4.07. The number of benzene rings is 1. The standard InChI is InChI=1S/C17H17N3O2S/c1-23(21,22)20-17-4-2-3-14-15(10-19-11-16(14)17)13-7-5-12(9-18)6-8-13/h5-8,10-11,17,20H,2-4H2,1H3. The van der Waals surface area contributed by atoms with Gasteiger partial charge in [0, 0.05) is 24.0 Å². The van der Waals surface area contributed by atoms with Crippen molar-refractivity contribution in [3.63, 3.8) is 0 Å². The van der Waals surface area contributed by atoms with Gasteiger partial charge in [0.15, 0.2) is 0 Å². The molecule has 2 aromatic rings. The van der Waals surface area contributed by atoms with Crippen LogP contribution >= 0.6 is 0 Å². The van der Waals surface area contributed by atoms with Crippen LogP contribution in [-0.4, -0.2) is 19.7 Å². The molecule has 0 bridgehead atoms. The SMILES string of the molecule is CS(=O)(=O)NC1CCCc2c(-c3ccc(C#N)cc3)cncc21. The van der Waals surface area contributed by atoms with Gasteiger partial charge in [0.05, 0.1) is 17.9 Å². The Morgan fingerprint density at radius 2 is 2.00 bits per heavy atom. The number of aromatic nitrogens is 1. The highest BCUT2D eigenvalue weighted by Crippen LogP contribution is 2.35. The molecule has 1 atom stereocenters. The lowest BCUT2D eigenvalue weighted by molar-refractivity contribution is 0.509. The van der Waals surface area contributed by atoms with E-state index >= 15 is 0 Å². The molecular formula is C17H17N3O2S. The van der Waals surface area contributed by atoms with Crippen LogP contribution in [0.25, 0.3) is 11.1 Å². The van der Waals surface area contributed by atoms with E-state index in [0.29, 0.717) is 5.56 Å². The topological polar surface area (TPSA) is 82.9 Å². The van der Waals surface area contributed by atoms with Crippen molar-refractivity contribution >= 4 is 10.0 Å². The van der Waals surface area contributed by atoms with Gasteiger partial charge in [-0.25, -0.2) is 13.1 Å². The summed E-state index contributed by atoms with van der Waals surface area (Å²) < 4.78 is 25.8. The van der Waals surface area contributed by atoms with Crippen LogP contribution in [0.3, 0.4) is 0 Å². The zero-order chi connectivity index (χ0) is 16.4. The molecule has 1 heterocycles. The Hall–Kier alpha value is -2.23. The molecule has 5 nitrogen and oxygen atoms in total. The molecule has 1 aliphatic carbocycles. The smallest absolute Gasteiger partial charge is 0.209 e. The minimum absolute atomic E-state index is 0.223. The number of sulfonamides is 1. The van der Waals surface area contributed by atoms with Crippen molar-refractivity contribution in [2.24, 2.45) is 0 Å². The van der Waals surface area contributed by atoms with E-state index in [9.17, 15) is 8.42 Å². The van der Waals surface area contributed by atoms with Gasteiger partial charge in [0.2, 0.25) is 10.0 Å². The summed E-state index contributed by atoms with van der Waals surface area (Å²) in [6.45, 7) is 0. The van der Waals surface area contributed by atoms with Crippen LogP contribution in [-0.2, 0) is 16.4 Å². The van der Waals surface area contributed by atoms with Crippen molar-refractivity contribution in [3.8, 4) is 17.2 Å². The first-order chi connectivity index (χ1) is 11.0. The number of nitrogens with one attached hydrogen (secondary N) is 1. The number of fused-ring (bicyclic) bond motifs is 1. The molecule has 0 fully saturated rings. The molecule has 118 valence electrons. The second-order valence-corrected chi connectivity index (χ2v) is 7.56. The summed E-state index contributed by atoms with van der Waals surface area (Å²) in [7, 11) is -3.27. The zero-order valence-electron chi connectivity index (χ0n) is 12.8. The number of hydrogen-bond acceptors (Lipinski definition) is 4. The van der Waals surface area contributed by atoms with Crippen LogP contribution in [0.4, 0.5) is 0 Å². The fourth-order valence-electron chi connectivity index (χ4n) is 3.08. The number of pyridine rings is 1. The second kappa shape index (κ2) is 6.11. The summed E-state index contributed by atoms with van der Waals surface area (Å²) >= 11 is 0. The third kappa shape index (κ3) is 3.41. The average Bonchev–Trinajstić information content (AvgIpc) is 2.53. The quantitative estimate of drug-likeness (QED) is 0.939. The van der Waals surface area contributed by atoms with E-state index in [2.05, 4.69) is 15.8 Å². The van der Waals surface area contributed by atoms with Crippen LogP contribution in [0.5, 0.6) is 0 Å². The molecule has 0 aliphatic heterocycles. The van der Waals surface area contributed by atoms with Crippen molar-refractivity contribution in [1.82, 2.24) is 9.71 Å². The number of hydrogen-bond donors (Lipinski definition) is 1. The molecule has 0 saturated carbocycles. The van der Waals surface area contributed by atoms with E-state index in [0.717, 1.165) is 41.5 Å². The van der Waals surface area contributed by atoms with E-state index in [1.807, 2.05) is 18.3 Å². The van der Waals surface area contributed by atoms with Gasteiger partial charge < -0.3 is 0 Å². The fourth-order valence-corrected chi connectivity index (χ4v) is 3.84. The molecule has 1 unspecified atom stereocenters. The summed E-state index contributed by atoms with van der Waals surface area (Å²) in [6, 6.07) is 9.26. The van der Waals surface area contributed by atoms with Gasteiger partial charge in [-0.3, -0.25) is 4.98 Å². The van der Waals surface area contributed by atoms with Crippen LogP contribution in [0.2, 0.25) is 0 Å². The molecule has 1 N–H and O–H groups in total. The molecule has 6 heteroatoms. The monoisotopic (exact) mass is 327 g/mol. The van der Waals surface area contributed by atoms with Gasteiger partial charge in [-0.05, 0) is 48.1 Å². The first-order valence-electron chi connectivity index (χ1n) is 7.42. The summed E-state index contributed by atoms with van der Waals surface area (Å²) in [4.78, 5) is 4.30. The van der Waals surface area contributed by atoms with Gasteiger partial charge in [-0.2, -0.15) is 5.26 Å². The van der Waals surface area contributed by atoms with E-state index in [-0.39, 0.29) is 6.04 Å². The van der Waals surface area contributed by atoms with Gasteiger partial charge in [-0.1, -0.05) is 12.1 Å². The van der Waals surface area contributed by atoms with Crippen LogP contribution in [0.1, 0.15) is 35.6 Å². The molecule has 0 saturated heterocycles. The maximum absolute atomic E-state index is 11.6. The first-order valence-corrected chi connectivity index (χ1v) is 9.31. The van der Waals surface area contributed by atoms with Crippen molar-refractivity contribution in [1.29, 1.82) is 5.26 Å². The van der Waals surface area contributed by atoms with Crippen LogP contribution in [0.15, 0.2) is 36.7 Å². The van der Waals surface area contributed by atoms with Crippen molar-refractivity contribution in [2.45, 2.75) is 25.3 Å². The molecule has 3 rings (SSSR count). The Morgan fingerprint density at radius 1 is 1.26 bits per heavy atom. The molecule has 1 aromatic heterocycles. The Balaban J connectivity index is 2.04. The summed E-state index contributed by atoms with van der Waals surface area (Å²) in [5, 5.41) is 8.91. The van der Waals surface area contributed by atoms with Gasteiger partial charge in [-0.15, -0.1) is 0 Å². The lowest BCUT2D eigenvalue weighted by atomic mass is 9.85. The van der Waals surface area contributed by atoms with Crippen LogP contribution in [0, 0.1) is 11.3 Å². The minimum Gasteiger partial charge on any atom is -0.264 e. The predicted molar refractivity (Wildman–Crippen MR) is 88.0 cm³/mol. The van der Waals surface area contributed by atoms with Gasteiger partial charge >= 0.3 is 0 Å².